The lowest BCUT2D eigenvalue weighted by atomic mass is 9.77. The fraction of sp³-hybridized carbons (Fsp3) is 0.143. The van der Waals surface area contributed by atoms with Crippen LogP contribution in [0, 0.1) is 0 Å². The summed E-state index contributed by atoms with van der Waals surface area (Å²) in [6, 6.07) is 28.1. The summed E-state index contributed by atoms with van der Waals surface area (Å²) >= 11 is 0. The summed E-state index contributed by atoms with van der Waals surface area (Å²) in [5, 5.41) is 20.4. The summed E-state index contributed by atoms with van der Waals surface area (Å²) in [7, 11) is 0. The van der Waals surface area contributed by atoms with Crippen LogP contribution >= 0.6 is 0 Å². The molecule has 0 heterocycles. The first-order valence-electron chi connectivity index (χ1n) is 10.3. The summed E-state index contributed by atoms with van der Waals surface area (Å²) in [6.45, 7) is 4.33. The van der Waals surface area contributed by atoms with Crippen LogP contribution in [0.5, 0.6) is 11.5 Å². The third-order valence-corrected chi connectivity index (χ3v) is 6.45. The molecule has 1 aliphatic rings. The minimum atomic E-state index is -0.267. The highest BCUT2D eigenvalue weighted by molar-refractivity contribution is 5.86. The van der Waals surface area contributed by atoms with Crippen LogP contribution in [0.1, 0.15) is 36.1 Å². The Bertz CT molecular complexity index is 1250. The van der Waals surface area contributed by atoms with Gasteiger partial charge in [0.1, 0.15) is 11.5 Å². The highest BCUT2D eigenvalue weighted by atomic mass is 16.3. The van der Waals surface area contributed by atoms with Crippen LogP contribution in [0.2, 0.25) is 0 Å². The molecule has 0 aromatic heterocycles. The fourth-order valence-electron chi connectivity index (χ4n) is 4.59. The zero-order chi connectivity index (χ0) is 20.9. The lowest BCUT2D eigenvalue weighted by Gasteiger charge is -2.27. The second-order valence-corrected chi connectivity index (χ2v) is 8.57. The van der Waals surface area contributed by atoms with Gasteiger partial charge in [-0.15, -0.1) is 0 Å². The molecule has 0 fully saturated rings. The summed E-state index contributed by atoms with van der Waals surface area (Å²) in [4.78, 5) is 0. The Morgan fingerprint density at radius 1 is 0.633 bits per heavy atom. The van der Waals surface area contributed by atoms with E-state index in [-0.39, 0.29) is 11.2 Å². The Morgan fingerprint density at radius 3 is 2.03 bits per heavy atom. The molecule has 1 aliphatic carbocycles. The molecule has 30 heavy (non-hydrogen) atoms. The van der Waals surface area contributed by atoms with Crippen molar-refractivity contribution in [3.05, 3.63) is 107 Å². The van der Waals surface area contributed by atoms with Crippen molar-refractivity contribution in [1.82, 2.24) is 0 Å². The van der Waals surface area contributed by atoms with Gasteiger partial charge in [-0.05, 0) is 69.6 Å². The first-order chi connectivity index (χ1) is 14.4. The van der Waals surface area contributed by atoms with Gasteiger partial charge in [-0.1, -0.05) is 74.5 Å². The number of phenols is 2. The quantitative estimate of drug-likeness (QED) is 0.360. The molecule has 2 nitrogen and oxygen atoms in total. The maximum absolute atomic E-state index is 10.8. The summed E-state index contributed by atoms with van der Waals surface area (Å²) < 4.78 is 0. The monoisotopic (exact) mass is 392 g/mol. The molecule has 0 radical (unpaired) electrons. The van der Waals surface area contributed by atoms with Crippen LogP contribution in [-0.2, 0) is 11.8 Å². The van der Waals surface area contributed by atoms with Gasteiger partial charge in [0.05, 0.1) is 0 Å². The van der Waals surface area contributed by atoms with E-state index in [1.165, 1.54) is 22.3 Å². The Morgan fingerprint density at radius 2 is 1.27 bits per heavy atom. The predicted octanol–water partition coefficient (Wildman–Crippen LogP) is 6.66. The molecule has 0 aliphatic heterocycles. The van der Waals surface area contributed by atoms with Crippen molar-refractivity contribution < 1.29 is 10.2 Å². The second kappa shape index (κ2) is 6.77. The molecule has 0 bridgehead atoms. The van der Waals surface area contributed by atoms with Crippen molar-refractivity contribution in [2.75, 3.05) is 0 Å². The largest absolute Gasteiger partial charge is 0.508 e. The van der Waals surface area contributed by atoms with Gasteiger partial charge in [-0.3, -0.25) is 0 Å². The van der Waals surface area contributed by atoms with Crippen LogP contribution < -0.4 is 0 Å². The van der Waals surface area contributed by atoms with Crippen LogP contribution in [-0.4, -0.2) is 10.2 Å². The molecule has 148 valence electrons. The molecule has 0 spiro atoms. The van der Waals surface area contributed by atoms with E-state index in [4.69, 9.17) is 0 Å². The highest BCUT2D eigenvalue weighted by Gasteiger charge is 2.26. The number of phenolic OH excluding ortho intramolecular Hbond substituents is 2. The number of hydrogen-bond donors (Lipinski definition) is 2. The number of rotatable bonds is 3. The molecule has 4 aromatic rings. The maximum atomic E-state index is 10.8. The number of fused-ring (bicyclic) bond motifs is 3. The molecule has 2 N–H and O–H groups in total. The Kier molecular flexibility index (Phi) is 4.18. The van der Waals surface area contributed by atoms with Crippen molar-refractivity contribution in [1.29, 1.82) is 0 Å². The number of hydrogen-bond acceptors (Lipinski definition) is 2. The zero-order valence-electron chi connectivity index (χ0n) is 17.2. The van der Waals surface area contributed by atoms with Gasteiger partial charge in [0.25, 0.3) is 0 Å². The van der Waals surface area contributed by atoms with Gasteiger partial charge in [0.15, 0.2) is 0 Å². The Labute approximate surface area is 177 Å². The smallest absolute Gasteiger partial charge is 0.123 e. The lowest BCUT2D eigenvalue weighted by Crippen LogP contribution is -2.18. The topological polar surface area (TPSA) is 40.5 Å². The van der Waals surface area contributed by atoms with Gasteiger partial charge < -0.3 is 10.2 Å². The van der Waals surface area contributed by atoms with Crippen molar-refractivity contribution in [2.24, 2.45) is 0 Å². The summed E-state index contributed by atoms with van der Waals surface area (Å²) in [5.41, 5.74) is 9.07. The van der Waals surface area contributed by atoms with Gasteiger partial charge >= 0.3 is 0 Å². The first-order valence-corrected chi connectivity index (χ1v) is 10.3. The van der Waals surface area contributed by atoms with E-state index in [0.717, 1.165) is 28.7 Å². The normalized spacial score (nSPS) is 12.5. The zero-order valence-corrected chi connectivity index (χ0v) is 17.2. The molecule has 0 amide bonds. The van der Waals surface area contributed by atoms with Gasteiger partial charge in [0, 0.05) is 11.0 Å². The SMILES string of the molecule is CC(C)(c1ccc(O)cc1)c1ccc(O)c(-c2cccc3c2Cc2ccccc2-3)c1. The van der Waals surface area contributed by atoms with Crippen LogP contribution in [0.3, 0.4) is 0 Å². The molecule has 0 atom stereocenters. The number of benzene rings is 4. The highest BCUT2D eigenvalue weighted by Crippen LogP contribution is 2.44. The van der Waals surface area contributed by atoms with Crippen molar-refractivity contribution in [2.45, 2.75) is 25.7 Å². The minimum Gasteiger partial charge on any atom is -0.508 e. The summed E-state index contributed by atoms with van der Waals surface area (Å²) in [5.74, 6) is 0.560. The average Bonchev–Trinajstić information content (AvgIpc) is 3.13. The molecule has 4 aromatic carbocycles. The molecular formula is C28H24O2. The van der Waals surface area contributed by atoms with Crippen LogP contribution in [0.25, 0.3) is 22.3 Å². The first kappa shape index (κ1) is 18.5. The van der Waals surface area contributed by atoms with Crippen molar-refractivity contribution >= 4 is 0 Å². The van der Waals surface area contributed by atoms with Crippen molar-refractivity contribution in [3.8, 4) is 33.8 Å². The molecule has 5 rings (SSSR count). The standard InChI is InChI=1S/C28H24O2/c1-28(2,19-10-13-21(29)14-11-19)20-12-15-27(30)26(17-20)24-9-5-8-23-22-7-4-3-6-18(22)16-25(23)24/h3-15,17,29-30H,16H2,1-2H3. The molecule has 2 heteroatoms. The van der Waals surface area contributed by atoms with Gasteiger partial charge in [-0.2, -0.15) is 0 Å². The third-order valence-electron chi connectivity index (χ3n) is 6.45. The Hall–Kier alpha value is -3.52. The fourth-order valence-corrected chi connectivity index (χ4v) is 4.59. The second-order valence-electron chi connectivity index (χ2n) is 8.57. The van der Waals surface area contributed by atoms with Gasteiger partial charge in [0.2, 0.25) is 0 Å². The lowest BCUT2D eigenvalue weighted by molar-refractivity contribution is 0.474. The van der Waals surface area contributed by atoms with E-state index in [1.54, 1.807) is 18.2 Å². The molecule has 0 unspecified atom stereocenters. The molecular weight excluding hydrogens is 368 g/mol. The van der Waals surface area contributed by atoms with E-state index >= 15 is 0 Å². The van der Waals surface area contributed by atoms with Crippen LogP contribution in [0.4, 0.5) is 0 Å². The maximum Gasteiger partial charge on any atom is 0.123 e. The number of aromatic hydroxyl groups is 2. The van der Waals surface area contributed by atoms with E-state index < -0.39 is 0 Å². The third kappa shape index (κ3) is 2.88. The van der Waals surface area contributed by atoms with Crippen molar-refractivity contribution in [3.63, 3.8) is 0 Å². The van der Waals surface area contributed by atoms with Crippen LogP contribution in [0.15, 0.2) is 84.9 Å². The average molecular weight is 392 g/mol. The molecule has 0 saturated carbocycles. The van der Waals surface area contributed by atoms with E-state index in [2.05, 4.69) is 62.4 Å². The van der Waals surface area contributed by atoms with E-state index in [1.807, 2.05) is 18.2 Å². The van der Waals surface area contributed by atoms with E-state index in [0.29, 0.717) is 5.75 Å². The Balaban J connectivity index is 1.63. The van der Waals surface area contributed by atoms with E-state index in [9.17, 15) is 10.2 Å². The predicted molar refractivity (Wildman–Crippen MR) is 122 cm³/mol. The summed E-state index contributed by atoms with van der Waals surface area (Å²) in [6.07, 6.45) is 0.882. The van der Waals surface area contributed by atoms with Gasteiger partial charge in [-0.25, -0.2) is 0 Å². The minimum absolute atomic E-state index is 0.264. The molecule has 0 saturated heterocycles.